The third-order valence-corrected chi connectivity index (χ3v) is 4.27. The molecule has 3 rings (SSSR count). The molecule has 0 spiro atoms. The van der Waals surface area contributed by atoms with Crippen molar-refractivity contribution in [3.63, 3.8) is 0 Å². The molecule has 4 atom stereocenters. The maximum absolute atomic E-state index is 11.8. The molecule has 1 amide bonds. The van der Waals surface area contributed by atoms with Crippen LogP contribution in [0.4, 0.5) is 0 Å². The van der Waals surface area contributed by atoms with E-state index in [4.69, 9.17) is 25.7 Å². The number of ether oxygens (including phenoxy) is 2. The van der Waals surface area contributed by atoms with Gasteiger partial charge in [-0.1, -0.05) is 5.92 Å². The molecule has 30 heavy (non-hydrogen) atoms. The maximum atomic E-state index is 11.8. The van der Waals surface area contributed by atoms with Crippen molar-refractivity contribution in [1.29, 1.82) is 0 Å². The van der Waals surface area contributed by atoms with Crippen LogP contribution in [-0.2, 0) is 19.4 Å². The fourth-order valence-corrected chi connectivity index (χ4v) is 2.88. The standard InChI is InChI=1S/C17H18N4O9/c1-26-10-5-2-9(3-6-10)4-7-12-19-16(15(18)22)21(20-12)17-14(30-25)13(29-24)11(28-17)8-27-23/h2-3,5-6,11,13-14,17,23-25H,8H2,1H3,(H2,18,22)/t11-,13-,14-,17-/m1/s1. The number of nitrogens with zero attached hydrogens (tertiary/aromatic N) is 3. The van der Waals surface area contributed by atoms with Crippen LogP contribution < -0.4 is 10.5 Å². The summed E-state index contributed by atoms with van der Waals surface area (Å²) in [5, 5.41) is 31.0. The van der Waals surface area contributed by atoms with Gasteiger partial charge in [0, 0.05) is 5.56 Å². The summed E-state index contributed by atoms with van der Waals surface area (Å²) >= 11 is 0. The summed E-state index contributed by atoms with van der Waals surface area (Å²) in [5.41, 5.74) is 5.99. The van der Waals surface area contributed by atoms with Crippen LogP contribution in [0.25, 0.3) is 0 Å². The van der Waals surface area contributed by atoms with Crippen LogP contribution in [0.1, 0.15) is 28.2 Å². The van der Waals surface area contributed by atoms with Crippen LogP contribution >= 0.6 is 0 Å². The lowest BCUT2D eigenvalue weighted by molar-refractivity contribution is -0.357. The highest BCUT2D eigenvalue weighted by molar-refractivity contribution is 5.89. The quantitative estimate of drug-likeness (QED) is 0.265. The molecule has 1 aromatic carbocycles. The van der Waals surface area contributed by atoms with Crippen molar-refractivity contribution in [3.05, 3.63) is 41.5 Å². The first kappa shape index (κ1) is 21.6. The number of aromatic nitrogens is 3. The zero-order valence-corrected chi connectivity index (χ0v) is 15.5. The molecule has 160 valence electrons. The van der Waals surface area contributed by atoms with Gasteiger partial charge in [0.05, 0.1) is 7.11 Å². The first-order valence-corrected chi connectivity index (χ1v) is 8.47. The van der Waals surface area contributed by atoms with Crippen molar-refractivity contribution >= 4 is 5.91 Å². The van der Waals surface area contributed by atoms with Gasteiger partial charge in [-0.3, -0.25) is 20.6 Å². The molecule has 0 radical (unpaired) electrons. The topological polar surface area (TPSA) is 181 Å². The molecule has 1 aromatic heterocycles. The largest absolute Gasteiger partial charge is 0.497 e. The molecule has 0 bridgehead atoms. The molecule has 1 aliphatic heterocycles. The summed E-state index contributed by atoms with van der Waals surface area (Å²) in [4.78, 5) is 28.4. The Balaban J connectivity index is 1.92. The van der Waals surface area contributed by atoms with Crippen molar-refractivity contribution in [3.8, 4) is 17.6 Å². The molecule has 2 aromatic rings. The Morgan fingerprint density at radius 2 is 1.90 bits per heavy atom. The smallest absolute Gasteiger partial charge is 0.286 e. The van der Waals surface area contributed by atoms with E-state index in [1.165, 1.54) is 0 Å². The summed E-state index contributed by atoms with van der Waals surface area (Å²) in [6.07, 6.45) is -5.04. The minimum atomic E-state index is -1.36. The van der Waals surface area contributed by atoms with E-state index in [1.807, 2.05) is 0 Å². The van der Waals surface area contributed by atoms with Gasteiger partial charge in [0.25, 0.3) is 5.91 Å². The van der Waals surface area contributed by atoms with Gasteiger partial charge in [0.1, 0.15) is 18.5 Å². The van der Waals surface area contributed by atoms with Crippen LogP contribution in [0.2, 0.25) is 0 Å². The van der Waals surface area contributed by atoms with Crippen LogP contribution in [0.5, 0.6) is 5.75 Å². The van der Waals surface area contributed by atoms with Gasteiger partial charge < -0.3 is 15.2 Å². The molecule has 1 saturated heterocycles. The molecule has 13 nitrogen and oxygen atoms in total. The lowest BCUT2D eigenvalue weighted by Crippen LogP contribution is -2.37. The summed E-state index contributed by atoms with van der Waals surface area (Å²) in [5.74, 6) is 4.80. The number of amides is 1. The first-order valence-electron chi connectivity index (χ1n) is 8.47. The Kier molecular flexibility index (Phi) is 6.92. The van der Waals surface area contributed by atoms with Gasteiger partial charge in [-0.2, -0.15) is 4.98 Å². The Morgan fingerprint density at radius 3 is 2.47 bits per heavy atom. The fraction of sp³-hybridized carbons (Fsp3) is 0.353. The molecule has 13 heteroatoms. The Bertz CT molecular complexity index is 937. The predicted octanol–water partition coefficient (Wildman–Crippen LogP) is -0.111. The number of rotatable bonds is 7. The molecular formula is C17H18N4O9. The zero-order chi connectivity index (χ0) is 21.7. The maximum Gasteiger partial charge on any atom is 0.286 e. The van der Waals surface area contributed by atoms with Gasteiger partial charge in [-0.15, -0.1) is 5.10 Å². The highest BCUT2D eigenvalue weighted by atomic mass is 17.1. The number of carbonyl (C=O) groups is 1. The summed E-state index contributed by atoms with van der Waals surface area (Å²) in [7, 11) is 1.54. The molecule has 0 aliphatic carbocycles. The average molecular weight is 422 g/mol. The molecule has 5 N–H and O–H groups in total. The SMILES string of the molecule is COc1ccc(C#Cc2nc(C(N)=O)n([C@@H]3O[C@H](COO)[C@@H](OO)[C@H]3OO)n2)cc1. The number of carbonyl (C=O) groups excluding carboxylic acids is 1. The molecule has 1 aliphatic rings. The van der Waals surface area contributed by atoms with E-state index in [2.05, 4.69) is 36.6 Å². The fourth-order valence-electron chi connectivity index (χ4n) is 2.88. The van der Waals surface area contributed by atoms with Crippen molar-refractivity contribution < 1.29 is 44.7 Å². The number of nitrogens with two attached hydrogens (primary N) is 1. The predicted molar refractivity (Wildman–Crippen MR) is 95.0 cm³/mol. The second-order valence-corrected chi connectivity index (χ2v) is 6.05. The van der Waals surface area contributed by atoms with Crippen molar-refractivity contribution in [1.82, 2.24) is 14.8 Å². The Morgan fingerprint density at radius 1 is 1.20 bits per heavy atom. The Labute approximate surface area is 169 Å². The van der Waals surface area contributed by atoms with E-state index in [9.17, 15) is 10.1 Å². The van der Waals surface area contributed by atoms with Crippen molar-refractivity contribution in [2.75, 3.05) is 13.7 Å². The second-order valence-electron chi connectivity index (χ2n) is 6.05. The van der Waals surface area contributed by atoms with Crippen molar-refractivity contribution in [2.45, 2.75) is 24.5 Å². The van der Waals surface area contributed by atoms with Crippen LogP contribution in [0.3, 0.4) is 0 Å². The van der Waals surface area contributed by atoms with E-state index in [0.717, 1.165) is 4.68 Å². The van der Waals surface area contributed by atoms with E-state index in [1.54, 1.807) is 31.4 Å². The highest BCUT2D eigenvalue weighted by Gasteiger charge is 2.50. The van der Waals surface area contributed by atoms with E-state index in [0.29, 0.717) is 11.3 Å². The number of primary amides is 1. The van der Waals surface area contributed by atoms with Gasteiger partial charge in [-0.05, 0) is 30.2 Å². The van der Waals surface area contributed by atoms with Crippen LogP contribution in [-0.4, -0.2) is 68.5 Å². The lowest BCUT2D eigenvalue weighted by Gasteiger charge is -2.18. The van der Waals surface area contributed by atoms with Crippen molar-refractivity contribution in [2.24, 2.45) is 5.73 Å². The third-order valence-electron chi connectivity index (χ3n) is 4.27. The van der Waals surface area contributed by atoms with Crippen LogP contribution in [0.15, 0.2) is 24.3 Å². The molecule has 1 fully saturated rings. The van der Waals surface area contributed by atoms with Gasteiger partial charge in [0.2, 0.25) is 11.6 Å². The number of methoxy groups -OCH3 is 1. The van der Waals surface area contributed by atoms with E-state index in [-0.39, 0.29) is 11.6 Å². The number of hydrogen-bond acceptors (Lipinski definition) is 11. The summed E-state index contributed by atoms with van der Waals surface area (Å²) in [6, 6.07) is 6.88. The van der Waals surface area contributed by atoms with Crippen LogP contribution in [0, 0.1) is 11.8 Å². The minimum Gasteiger partial charge on any atom is -0.497 e. The first-order chi connectivity index (χ1) is 14.5. The molecular weight excluding hydrogens is 404 g/mol. The number of hydrogen-bond donors (Lipinski definition) is 4. The summed E-state index contributed by atoms with van der Waals surface area (Å²) < 4.78 is 11.5. The highest BCUT2D eigenvalue weighted by Crippen LogP contribution is 2.33. The lowest BCUT2D eigenvalue weighted by atomic mass is 10.1. The molecule has 2 heterocycles. The molecule has 0 saturated carbocycles. The van der Waals surface area contributed by atoms with Gasteiger partial charge in [-0.25, -0.2) is 19.3 Å². The Hall–Kier alpha value is -3.09. The normalized spacial score (nSPS) is 23.1. The van der Waals surface area contributed by atoms with E-state index >= 15 is 0 Å². The second kappa shape index (κ2) is 9.61. The monoisotopic (exact) mass is 422 g/mol. The van der Waals surface area contributed by atoms with Gasteiger partial charge in [0.15, 0.2) is 18.4 Å². The summed E-state index contributed by atoms with van der Waals surface area (Å²) in [6.45, 7) is -0.438. The number of benzene rings is 1. The van der Waals surface area contributed by atoms with Gasteiger partial charge >= 0.3 is 0 Å². The average Bonchev–Trinajstić information content (AvgIpc) is 3.33. The minimum absolute atomic E-state index is 0.0665. The third kappa shape index (κ3) is 4.40. The zero-order valence-electron chi connectivity index (χ0n) is 15.5. The molecule has 0 unspecified atom stereocenters. The van der Waals surface area contributed by atoms with E-state index < -0.39 is 37.1 Å².